The van der Waals surface area contributed by atoms with Gasteiger partial charge in [0.2, 0.25) is 5.91 Å². The number of rotatable bonds is 6. The number of amides is 1. The van der Waals surface area contributed by atoms with Gasteiger partial charge in [-0.2, -0.15) is 0 Å². The quantitative estimate of drug-likeness (QED) is 0.783. The monoisotopic (exact) mass is 367 g/mol. The molecule has 1 aliphatic heterocycles. The second-order valence-corrected chi connectivity index (χ2v) is 7.02. The van der Waals surface area contributed by atoms with Crippen molar-refractivity contribution in [1.82, 2.24) is 4.90 Å². The minimum Gasteiger partial charge on any atom is -0.469 e. The third-order valence-electron chi connectivity index (χ3n) is 4.96. The lowest BCUT2D eigenvalue weighted by Crippen LogP contribution is -2.52. The molecule has 138 valence electrons. The van der Waals surface area contributed by atoms with E-state index in [4.69, 9.17) is 16.3 Å². The van der Waals surface area contributed by atoms with Crippen LogP contribution >= 0.6 is 11.6 Å². The van der Waals surface area contributed by atoms with Gasteiger partial charge < -0.3 is 14.7 Å². The van der Waals surface area contributed by atoms with Crippen LogP contribution in [0.3, 0.4) is 0 Å². The average Bonchev–Trinajstić information content (AvgIpc) is 2.59. The van der Waals surface area contributed by atoms with E-state index in [2.05, 4.69) is 0 Å². The van der Waals surface area contributed by atoms with Crippen molar-refractivity contribution in [2.75, 3.05) is 7.11 Å². The molecule has 2 rings (SSSR count). The van der Waals surface area contributed by atoms with Gasteiger partial charge in [-0.15, -0.1) is 0 Å². The molecule has 1 fully saturated rings. The molecule has 1 saturated heterocycles. The molecule has 0 aliphatic carbocycles. The van der Waals surface area contributed by atoms with Gasteiger partial charge in [-0.05, 0) is 43.9 Å². The number of hydrogen-bond donors (Lipinski definition) is 1. The van der Waals surface area contributed by atoms with E-state index in [0.29, 0.717) is 17.9 Å². The maximum atomic E-state index is 13.1. The minimum absolute atomic E-state index is 0.0788. The normalized spacial score (nSPS) is 23.2. The standard InChI is InChI=1S/C19H26ClNO4/c1-4-16(12(2)22)21-17(13-5-8-15(20)9-6-13)10-7-14(19(21)24)11-18(23)25-3/h5-6,8-9,12,14,16-17,22H,4,7,10-11H2,1-3H3/t12-,14?,16-,17?/m0/s1. The number of benzene rings is 1. The summed E-state index contributed by atoms with van der Waals surface area (Å²) in [5.41, 5.74) is 0.994. The van der Waals surface area contributed by atoms with Crippen molar-refractivity contribution in [2.45, 2.75) is 57.7 Å². The SMILES string of the molecule is CC[C@@H]([C@H](C)O)N1C(=O)C(CC(=O)OC)CCC1c1ccc(Cl)cc1. The third kappa shape index (κ3) is 4.53. The second kappa shape index (κ2) is 8.68. The van der Waals surface area contributed by atoms with Crippen LogP contribution in [-0.4, -0.2) is 41.1 Å². The Labute approximate surface area is 153 Å². The molecule has 0 bridgehead atoms. The highest BCUT2D eigenvalue weighted by Crippen LogP contribution is 2.38. The number of esters is 1. The Balaban J connectivity index is 2.34. The molecule has 1 aliphatic rings. The minimum atomic E-state index is -0.652. The number of aliphatic hydroxyl groups excluding tert-OH is 1. The number of hydrogen-bond acceptors (Lipinski definition) is 4. The number of carbonyl (C=O) groups excluding carboxylic acids is 2. The Morgan fingerprint density at radius 1 is 1.36 bits per heavy atom. The molecule has 1 amide bonds. The molecule has 2 unspecified atom stereocenters. The Morgan fingerprint density at radius 2 is 2.00 bits per heavy atom. The summed E-state index contributed by atoms with van der Waals surface area (Å²) < 4.78 is 4.72. The molecule has 1 N–H and O–H groups in total. The molecule has 6 heteroatoms. The highest BCUT2D eigenvalue weighted by Gasteiger charge is 2.41. The number of likely N-dealkylation sites (tertiary alicyclic amines) is 1. The van der Waals surface area contributed by atoms with Crippen molar-refractivity contribution < 1.29 is 19.4 Å². The maximum absolute atomic E-state index is 13.1. The van der Waals surface area contributed by atoms with Crippen molar-refractivity contribution in [2.24, 2.45) is 5.92 Å². The van der Waals surface area contributed by atoms with Crippen LogP contribution in [0.25, 0.3) is 0 Å². The van der Waals surface area contributed by atoms with Crippen LogP contribution in [0.1, 0.15) is 51.1 Å². The van der Waals surface area contributed by atoms with Crippen molar-refractivity contribution in [3.8, 4) is 0 Å². The number of methoxy groups -OCH3 is 1. The molecule has 1 aromatic carbocycles. The Bertz CT molecular complexity index is 602. The highest BCUT2D eigenvalue weighted by molar-refractivity contribution is 6.30. The fraction of sp³-hybridized carbons (Fsp3) is 0.579. The van der Waals surface area contributed by atoms with E-state index >= 15 is 0 Å². The molecule has 4 atom stereocenters. The largest absolute Gasteiger partial charge is 0.469 e. The Hall–Kier alpha value is -1.59. The lowest BCUT2D eigenvalue weighted by molar-refractivity contribution is -0.154. The van der Waals surface area contributed by atoms with Gasteiger partial charge in [-0.1, -0.05) is 30.7 Å². The highest BCUT2D eigenvalue weighted by atomic mass is 35.5. The van der Waals surface area contributed by atoms with Crippen LogP contribution in [0.4, 0.5) is 0 Å². The third-order valence-corrected chi connectivity index (χ3v) is 5.21. The van der Waals surface area contributed by atoms with Crippen LogP contribution in [-0.2, 0) is 14.3 Å². The first-order valence-electron chi connectivity index (χ1n) is 8.71. The molecule has 25 heavy (non-hydrogen) atoms. The number of carbonyl (C=O) groups is 2. The summed E-state index contributed by atoms with van der Waals surface area (Å²) in [7, 11) is 1.33. The molecule has 1 aromatic rings. The number of halogens is 1. The maximum Gasteiger partial charge on any atom is 0.306 e. The van der Waals surface area contributed by atoms with Crippen LogP contribution in [0.2, 0.25) is 5.02 Å². The number of nitrogens with zero attached hydrogens (tertiary/aromatic N) is 1. The first-order valence-corrected chi connectivity index (χ1v) is 9.09. The zero-order chi connectivity index (χ0) is 18.6. The first kappa shape index (κ1) is 19.7. The molecule has 1 heterocycles. The van der Waals surface area contributed by atoms with E-state index in [1.807, 2.05) is 31.2 Å². The first-order chi connectivity index (χ1) is 11.9. The van der Waals surface area contributed by atoms with Crippen LogP contribution < -0.4 is 0 Å². The van der Waals surface area contributed by atoms with Gasteiger partial charge in [0.15, 0.2) is 0 Å². The van der Waals surface area contributed by atoms with Gasteiger partial charge in [0.1, 0.15) is 0 Å². The predicted octanol–water partition coefficient (Wildman–Crippen LogP) is 3.34. The lowest BCUT2D eigenvalue weighted by atomic mass is 9.84. The van der Waals surface area contributed by atoms with Crippen LogP contribution in [0, 0.1) is 5.92 Å². The average molecular weight is 368 g/mol. The number of ether oxygens (including phenoxy) is 1. The molecular formula is C19H26ClNO4. The van der Waals surface area contributed by atoms with Crippen molar-refractivity contribution in [1.29, 1.82) is 0 Å². The van der Waals surface area contributed by atoms with Gasteiger partial charge in [-0.25, -0.2) is 0 Å². The fourth-order valence-electron chi connectivity index (χ4n) is 3.64. The summed E-state index contributed by atoms with van der Waals surface area (Å²) in [4.78, 5) is 26.5. The predicted molar refractivity (Wildman–Crippen MR) is 96.2 cm³/mol. The second-order valence-electron chi connectivity index (χ2n) is 6.58. The van der Waals surface area contributed by atoms with E-state index < -0.39 is 12.0 Å². The summed E-state index contributed by atoms with van der Waals surface area (Å²) in [5.74, 6) is -0.874. The smallest absolute Gasteiger partial charge is 0.306 e. The molecular weight excluding hydrogens is 342 g/mol. The molecule has 0 radical (unpaired) electrons. The van der Waals surface area contributed by atoms with Crippen LogP contribution in [0.15, 0.2) is 24.3 Å². The molecule has 5 nitrogen and oxygen atoms in total. The van der Waals surface area contributed by atoms with Crippen molar-refractivity contribution >= 4 is 23.5 Å². The van der Waals surface area contributed by atoms with E-state index in [1.165, 1.54) is 7.11 Å². The van der Waals surface area contributed by atoms with Gasteiger partial charge >= 0.3 is 5.97 Å². The van der Waals surface area contributed by atoms with Crippen LogP contribution in [0.5, 0.6) is 0 Å². The van der Waals surface area contributed by atoms with Crippen molar-refractivity contribution in [3.63, 3.8) is 0 Å². The lowest BCUT2D eigenvalue weighted by Gasteiger charge is -2.45. The summed E-state index contributed by atoms with van der Waals surface area (Å²) in [6, 6.07) is 7.03. The molecule has 0 saturated carbocycles. The topological polar surface area (TPSA) is 66.8 Å². The van der Waals surface area contributed by atoms with E-state index in [1.54, 1.807) is 11.8 Å². The van der Waals surface area contributed by atoms with Gasteiger partial charge in [-0.3, -0.25) is 9.59 Å². The molecule has 0 spiro atoms. The summed E-state index contributed by atoms with van der Waals surface area (Å²) in [6.45, 7) is 3.65. The van der Waals surface area contributed by atoms with Crippen molar-refractivity contribution in [3.05, 3.63) is 34.9 Å². The zero-order valence-electron chi connectivity index (χ0n) is 14.9. The summed E-state index contributed by atoms with van der Waals surface area (Å²) >= 11 is 5.98. The van der Waals surface area contributed by atoms with E-state index in [-0.39, 0.29) is 30.4 Å². The van der Waals surface area contributed by atoms with Gasteiger partial charge in [0, 0.05) is 10.9 Å². The fourth-order valence-corrected chi connectivity index (χ4v) is 3.76. The van der Waals surface area contributed by atoms with E-state index in [9.17, 15) is 14.7 Å². The number of aliphatic hydroxyl groups is 1. The summed E-state index contributed by atoms with van der Waals surface area (Å²) in [5, 5.41) is 10.8. The van der Waals surface area contributed by atoms with Gasteiger partial charge in [0.05, 0.1) is 31.7 Å². The zero-order valence-corrected chi connectivity index (χ0v) is 15.7. The Morgan fingerprint density at radius 3 is 2.52 bits per heavy atom. The Kier molecular flexibility index (Phi) is 6.85. The van der Waals surface area contributed by atoms with Gasteiger partial charge in [0.25, 0.3) is 0 Å². The van der Waals surface area contributed by atoms with E-state index in [0.717, 1.165) is 12.0 Å². The molecule has 0 aromatic heterocycles. The summed E-state index contributed by atoms with van der Waals surface area (Å²) in [6.07, 6.45) is 1.42. The number of piperidine rings is 1.